The zero-order valence-electron chi connectivity index (χ0n) is 19.0. The Kier molecular flexibility index (Phi) is 6.24. The summed E-state index contributed by atoms with van der Waals surface area (Å²) in [4.78, 5) is 16.9. The highest BCUT2D eigenvalue weighted by Crippen LogP contribution is 2.43. The van der Waals surface area contributed by atoms with Gasteiger partial charge in [0.25, 0.3) is 0 Å². The van der Waals surface area contributed by atoms with Crippen LogP contribution in [0.4, 0.5) is 4.39 Å². The third-order valence-corrected chi connectivity index (χ3v) is 6.78. The van der Waals surface area contributed by atoms with Crippen LogP contribution in [0.1, 0.15) is 65.7 Å². The summed E-state index contributed by atoms with van der Waals surface area (Å²) in [5.41, 5.74) is 3.28. The molecule has 0 saturated carbocycles. The highest BCUT2D eigenvalue weighted by molar-refractivity contribution is 5.88. The van der Waals surface area contributed by atoms with Crippen molar-refractivity contribution >= 4 is 16.9 Å². The van der Waals surface area contributed by atoms with Crippen molar-refractivity contribution in [1.29, 1.82) is 0 Å². The summed E-state index contributed by atoms with van der Waals surface area (Å²) >= 11 is 0. The van der Waals surface area contributed by atoms with Crippen molar-refractivity contribution in [2.45, 2.75) is 57.8 Å². The number of alkyl halides is 1. The van der Waals surface area contributed by atoms with E-state index in [9.17, 15) is 9.90 Å². The van der Waals surface area contributed by atoms with Crippen molar-refractivity contribution in [3.05, 3.63) is 64.8 Å². The second-order valence-corrected chi connectivity index (χ2v) is 8.91. The lowest BCUT2D eigenvalue weighted by Crippen LogP contribution is -2.43. The molecule has 3 aromatic rings. The predicted molar refractivity (Wildman–Crippen MR) is 124 cm³/mol. The molecule has 2 N–H and O–H groups in total. The minimum atomic E-state index is -1.21. The van der Waals surface area contributed by atoms with Crippen molar-refractivity contribution in [3.8, 4) is 5.75 Å². The van der Waals surface area contributed by atoms with Gasteiger partial charge in [-0.05, 0) is 55.2 Å². The van der Waals surface area contributed by atoms with Gasteiger partial charge in [0.1, 0.15) is 11.4 Å². The van der Waals surface area contributed by atoms with E-state index in [1.165, 1.54) is 0 Å². The standard InChI is InChI=1S/C26H31FN2O3/c1-4-10-26(27)11-13-29(22(15-26)18-5-7-19(8-6-18)25(30)31)16-21-20-9-12-28-24(20)17(2)14-23(21)32-3/h5-9,12,14,22,28H,4,10-11,13,15-16H2,1-3H3,(H,30,31). The van der Waals surface area contributed by atoms with Crippen LogP contribution < -0.4 is 4.74 Å². The van der Waals surface area contributed by atoms with Gasteiger partial charge in [0.2, 0.25) is 0 Å². The van der Waals surface area contributed by atoms with Gasteiger partial charge in [0, 0.05) is 48.2 Å². The molecule has 0 radical (unpaired) electrons. The topological polar surface area (TPSA) is 65.6 Å². The monoisotopic (exact) mass is 438 g/mol. The fraction of sp³-hybridized carbons (Fsp3) is 0.423. The van der Waals surface area contributed by atoms with E-state index in [-0.39, 0.29) is 11.6 Å². The van der Waals surface area contributed by atoms with E-state index in [4.69, 9.17) is 4.74 Å². The molecular formula is C26H31FN2O3. The zero-order chi connectivity index (χ0) is 22.9. The maximum absolute atomic E-state index is 15.7. The maximum atomic E-state index is 15.7. The van der Waals surface area contributed by atoms with Gasteiger partial charge in [-0.2, -0.15) is 0 Å². The number of piperidine rings is 1. The van der Waals surface area contributed by atoms with Crippen LogP contribution in [0.2, 0.25) is 0 Å². The molecule has 2 unspecified atom stereocenters. The van der Waals surface area contributed by atoms with Gasteiger partial charge in [-0.15, -0.1) is 0 Å². The third-order valence-electron chi connectivity index (χ3n) is 6.78. The largest absolute Gasteiger partial charge is 0.496 e. The predicted octanol–water partition coefficient (Wildman–Crippen LogP) is 6.03. The smallest absolute Gasteiger partial charge is 0.335 e. The quantitative estimate of drug-likeness (QED) is 0.473. The lowest BCUT2D eigenvalue weighted by Gasteiger charge is -2.43. The number of fused-ring (bicyclic) bond motifs is 1. The highest BCUT2D eigenvalue weighted by atomic mass is 19.1. The number of rotatable bonds is 7. The molecule has 5 nitrogen and oxygen atoms in total. The summed E-state index contributed by atoms with van der Waals surface area (Å²) in [6, 6.07) is 10.9. The number of aromatic nitrogens is 1. The minimum Gasteiger partial charge on any atom is -0.496 e. The Morgan fingerprint density at radius 3 is 2.72 bits per heavy atom. The van der Waals surface area contributed by atoms with Crippen LogP contribution in [0.3, 0.4) is 0 Å². The molecular weight excluding hydrogens is 407 g/mol. The Bertz CT molecular complexity index is 1110. The Morgan fingerprint density at radius 2 is 2.06 bits per heavy atom. The van der Waals surface area contributed by atoms with Crippen LogP contribution in [0.25, 0.3) is 10.9 Å². The molecule has 0 aliphatic carbocycles. The van der Waals surface area contributed by atoms with Crippen LogP contribution in [-0.2, 0) is 6.54 Å². The molecule has 1 aromatic heterocycles. The summed E-state index contributed by atoms with van der Waals surface area (Å²) in [7, 11) is 1.68. The summed E-state index contributed by atoms with van der Waals surface area (Å²) < 4.78 is 21.4. The van der Waals surface area contributed by atoms with Crippen molar-refractivity contribution in [3.63, 3.8) is 0 Å². The average Bonchev–Trinajstić information content (AvgIpc) is 3.27. The number of aryl methyl sites for hydroxylation is 1. The Hall–Kier alpha value is -2.86. The molecule has 0 spiro atoms. The molecule has 2 atom stereocenters. The van der Waals surface area contributed by atoms with Crippen molar-refractivity contribution < 1.29 is 19.0 Å². The Morgan fingerprint density at radius 1 is 1.31 bits per heavy atom. The normalized spacial score (nSPS) is 21.7. The number of carboxylic acids is 1. The number of hydrogen-bond acceptors (Lipinski definition) is 3. The van der Waals surface area contributed by atoms with Crippen molar-refractivity contribution in [2.75, 3.05) is 13.7 Å². The highest BCUT2D eigenvalue weighted by Gasteiger charge is 2.40. The van der Waals surface area contributed by atoms with Crippen molar-refractivity contribution in [2.24, 2.45) is 0 Å². The fourth-order valence-electron chi connectivity index (χ4n) is 5.10. The van der Waals surface area contributed by atoms with Crippen LogP contribution in [0.5, 0.6) is 5.75 Å². The lowest BCUT2D eigenvalue weighted by molar-refractivity contribution is 0.00627. The SMILES string of the molecule is CCCC1(F)CCN(Cc2c(OC)cc(C)c3[nH]ccc23)C(c2ccc(C(=O)O)cc2)C1. The number of benzene rings is 2. The summed E-state index contributed by atoms with van der Waals surface area (Å²) in [6.45, 7) is 5.33. The number of halogens is 1. The molecule has 0 bridgehead atoms. The first-order chi connectivity index (χ1) is 15.3. The molecule has 4 rings (SSSR count). The van der Waals surface area contributed by atoms with E-state index >= 15 is 4.39 Å². The van der Waals surface area contributed by atoms with Gasteiger partial charge in [0.15, 0.2) is 0 Å². The van der Waals surface area contributed by atoms with E-state index in [1.54, 1.807) is 19.2 Å². The second-order valence-electron chi connectivity index (χ2n) is 8.91. The van der Waals surface area contributed by atoms with Gasteiger partial charge in [-0.3, -0.25) is 4.90 Å². The molecule has 1 aliphatic heterocycles. The first-order valence-electron chi connectivity index (χ1n) is 11.2. The number of aromatic carboxylic acids is 1. The molecule has 1 aliphatic rings. The van der Waals surface area contributed by atoms with Crippen LogP contribution >= 0.6 is 0 Å². The van der Waals surface area contributed by atoms with Crippen LogP contribution in [0.15, 0.2) is 42.6 Å². The number of nitrogens with zero attached hydrogens (tertiary/aromatic N) is 1. The Balaban J connectivity index is 1.72. The fourth-order valence-corrected chi connectivity index (χ4v) is 5.10. The average molecular weight is 439 g/mol. The molecule has 0 amide bonds. The first-order valence-corrected chi connectivity index (χ1v) is 11.2. The number of hydrogen-bond donors (Lipinski definition) is 2. The van der Waals surface area contributed by atoms with E-state index < -0.39 is 11.6 Å². The molecule has 170 valence electrons. The zero-order valence-corrected chi connectivity index (χ0v) is 19.0. The van der Waals surface area contributed by atoms with E-state index in [0.29, 0.717) is 32.4 Å². The number of methoxy groups -OCH3 is 1. The summed E-state index contributed by atoms with van der Waals surface area (Å²) in [6.07, 6.45) is 4.18. The summed E-state index contributed by atoms with van der Waals surface area (Å²) in [5, 5.41) is 10.4. The van der Waals surface area contributed by atoms with E-state index in [0.717, 1.165) is 39.8 Å². The maximum Gasteiger partial charge on any atom is 0.335 e. The first kappa shape index (κ1) is 22.3. The van der Waals surface area contributed by atoms with Gasteiger partial charge in [-0.25, -0.2) is 9.18 Å². The van der Waals surface area contributed by atoms with Gasteiger partial charge in [0.05, 0.1) is 12.7 Å². The second kappa shape index (κ2) is 8.94. The Labute approximate surface area is 188 Å². The minimum absolute atomic E-state index is 0.136. The molecule has 32 heavy (non-hydrogen) atoms. The third kappa shape index (κ3) is 4.24. The molecule has 1 fully saturated rings. The van der Waals surface area contributed by atoms with Crippen LogP contribution in [-0.4, -0.2) is 40.3 Å². The summed E-state index contributed by atoms with van der Waals surface area (Å²) in [5.74, 6) is -0.123. The number of nitrogens with one attached hydrogen (secondary N) is 1. The van der Waals surface area contributed by atoms with Crippen LogP contribution in [0, 0.1) is 6.92 Å². The lowest BCUT2D eigenvalue weighted by atomic mass is 9.81. The number of carbonyl (C=O) groups is 1. The number of aromatic amines is 1. The molecule has 1 saturated heterocycles. The molecule has 2 aromatic carbocycles. The van der Waals surface area contributed by atoms with E-state index in [2.05, 4.69) is 22.9 Å². The number of carboxylic acid groups (broad SMARTS) is 1. The molecule has 2 heterocycles. The molecule has 6 heteroatoms. The van der Waals surface area contributed by atoms with Gasteiger partial charge < -0.3 is 14.8 Å². The van der Waals surface area contributed by atoms with Gasteiger partial charge in [-0.1, -0.05) is 25.5 Å². The van der Waals surface area contributed by atoms with E-state index in [1.807, 2.05) is 31.3 Å². The number of ether oxygens (including phenoxy) is 1. The number of H-pyrrole nitrogens is 1. The van der Waals surface area contributed by atoms with Crippen molar-refractivity contribution in [1.82, 2.24) is 9.88 Å². The van der Waals surface area contributed by atoms with Gasteiger partial charge >= 0.3 is 5.97 Å². The number of likely N-dealkylation sites (tertiary alicyclic amines) is 1.